The third-order valence-corrected chi connectivity index (χ3v) is 9.92. The molecule has 0 spiro atoms. The largest absolute Gasteiger partial charge is 0.381 e. The van der Waals surface area contributed by atoms with Gasteiger partial charge in [-0.3, -0.25) is 4.79 Å². The summed E-state index contributed by atoms with van der Waals surface area (Å²) < 4.78 is 5.70. The van der Waals surface area contributed by atoms with Gasteiger partial charge in [-0.2, -0.15) is 0 Å². The summed E-state index contributed by atoms with van der Waals surface area (Å²) in [6, 6.07) is 0. The highest BCUT2D eigenvalue weighted by Gasteiger charge is 2.64. The Balaban J connectivity index is 1.67. The first kappa shape index (κ1) is 19.4. The minimum atomic E-state index is -0.164. The molecule has 0 bridgehead atoms. The average molecular weight is 371 g/mol. The Kier molecular flexibility index (Phi) is 4.73. The maximum Gasteiger partial charge on any atom is 0.136 e. The monoisotopic (exact) mass is 370 g/mol. The summed E-state index contributed by atoms with van der Waals surface area (Å²) in [6.07, 6.45) is 15.5. The minimum absolute atomic E-state index is 0.152. The summed E-state index contributed by atoms with van der Waals surface area (Å²) in [4.78, 5) is 12.9. The molecule has 0 saturated heterocycles. The maximum absolute atomic E-state index is 12.9. The number of carbonyl (C=O) groups excluding carboxylic acids is 1. The second-order valence-corrected chi connectivity index (χ2v) is 10.5. The van der Waals surface area contributed by atoms with Crippen molar-refractivity contribution >= 4 is 5.78 Å². The Morgan fingerprint density at radius 2 is 1.96 bits per heavy atom. The number of ether oxygens (including phenoxy) is 1. The van der Waals surface area contributed by atoms with Crippen LogP contribution in [0.25, 0.3) is 0 Å². The number of Topliss-reactive ketones (excluding diaryl/α,β-unsaturated/α-hetero) is 1. The van der Waals surface area contributed by atoms with Crippen molar-refractivity contribution in [3.05, 3.63) is 24.3 Å². The van der Waals surface area contributed by atoms with Crippen LogP contribution in [-0.4, -0.2) is 19.0 Å². The molecular formula is C25H38O2. The SMILES string of the molecule is C=CCC1(C(C)=O)CCC2C3CC=C4CC(OC)CCC4(C)C3CCC21C. The zero-order valence-corrected chi connectivity index (χ0v) is 17.9. The normalized spacial score (nSPS) is 48.8. The lowest BCUT2D eigenvalue weighted by Crippen LogP contribution is -2.53. The zero-order valence-electron chi connectivity index (χ0n) is 17.9. The first-order valence-electron chi connectivity index (χ1n) is 11.2. The second kappa shape index (κ2) is 6.58. The van der Waals surface area contributed by atoms with Gasteiger partial charge < -0.3 is 4.74 Å². The molecule has 4 rings (SSSR count). The van der Waals surface area contributed by atoms with E-state index >= 15 is 0 Å². The molecule has 0 aromatic heterocycles. The smallest absolute Gasteiger partial charge is 0.136 e. The highest BCUT2D eigenvalue weighted by molar-refractivity contribution is 5.84. The zero-order chi connectivity index (χ0) is 19.4. The Labute approximate surface area is 165 Å². The highest BCUT2D eigenvalue weighted by atomic mass is 16.5. The number of hydrogen-bond donors (Lipinski definition) is 0. The molecule has 0 aromatic carbocycles. The Bertz CT molecular complexity index is 663. The summed E-state index contributed by atoms with van der Waals surface area (Å²) >= 11 is 0. The van der Waals surface area contributed by atoms with Crippen molar-refractivity contribution in [1.29, 1.82) is 0 Å². The summed E-state index contributed by atoms with van der Waals surface area (Å²) in [5, 5.41) is 0. The van der Waals surface area contributed by atoms with Gasteiger partial charge in [0.1, 0.15) is 5.78 Å². The molecule has 3 fully saturated rings. The van der Waals surface area contributed by atoms with E-state index in [2.05, 4.69) is 26.5 Å². The molecule has 7 atom stereocenters. The summed E-state index contributed by atoms with van der Waals surface area (Å²) in [7, 11) is 1.87. The average Bonchev–Trinajstić information content (AvgIpc) is 2.95. The van der Waals surface area contributed by atoms with Crippen LogP contribution >= 0.6 is 0 Å². The van der Waals surface area contributed by atoms with Crippen LogP contribution in [0.4, 0.5) is 0 Å². The van der Waals surface area contributed by atoms with Crippen molar-refractivity contribution in [2.24, 2.45) is 34.0 Å². The van der Waals surface area contributed by atoms with Crippen molar-refractivity contribution in [1.82, 2.24) is 0 Å². The van der Waals surface area contributed by atoms with Gasteiger partial charge in [-0.25, -0.2) is 0 Å². The fourth-order valence-electron chi connectivity index (χ4n) is 8.27. The van der Waals surface area contributed by atoms with E-state index in [0.29, 0.717) is 23.2 Å². The molecule has 0 N–H and O–H groups in total. The predicted molar refractivity (Wildman–Crippen MR) is 110 cm³/mol. The number of fused-ring (bicyclic) bond motifs is 5. The molecular weight excluding hydrogens is 332 g/mol. The van der Waals surface area contributed by atoms with E-state index in [1.807, 2.05) is 20.1 Å². The highest BCUT2D eigenvalue weighted by Crippen LogP contribution is 2.70. The van der Waals surface area contributed by atoms with Crippen molar-refractivity contribution in [3.8, 4) is 0 Å². The molecule has 0 heterocycles. The lowest BCUT2D eigenvalue weighted by atomic mass is 9.45. The van der Waals surface area contributed by atoms with Crippen LogP contribution < -0.4 is 0 Å². The molecule has 0 radical (unpaired) electrons. The molecule has 2 nitrogen and oxygen atoms in total. The number of carbonyl (C=O) groups is 1. The van der Waals surface area contributed by atoms with E-state index in [0.717, 1.165) is 31.1 Å². The van der Waals surface area contributed by atoms with Crippen LogP contribution in [0.2, 0.25) is 0 Å². The van der Waals surface area contributed by atoms with E-state index in [1.165, 1.54) is 38.5 Å². The van der Waals surface area contributed by atoms with E-state index in [9.17, 15) is 4.79 Å². The van der Waals surface area contributed by atoms with Crippen LogP contribution in [-0.2, 0) is 9.53 Å². The number of ketones is 1. The van der Waals surface area contributed by atoms with Crippen LogP contribution in [0, 0.1) is 34.0 Å². The number of hydrogen-bond acceptors (Lipinski definition) is 2. The fraction of sp³-hybridized carbons (Fsp3) is 0.800. The Morgan fingerprint density at radius 3 is 2.63 bits per heavy atom. The van der Waals surface area contributed by atoms with Crippen molar-refractivity contribution in [2.75, 3.05) is 7.11 Å². The van der Waals surface area contributed by atoms with Gasteiger partial charge in [-0.15, -0.1) is 6.58 Å². The van der Waals surface area contributed by atoms with Crippen molar-refractivity contribution in [2.45, 2.75) is 84.7 Å². The van der Waals surface area contributed by atoms with Gasteiger partial charge in [0, 0.05) is 12.5 Å². The second-order valence-electron chi connectivity index (χ2n) is 10.5. The summed E-state index contributed by atoms with van der Waals surface area (Å²) in [5.41, 5.74) is 2.02. The minimum Gasteiger partial charge on any atom is -0.381 e. The number of allylic oxidation sites excluding steroid dienone is 2. The lowest BCUT2D eigenvalue weighted by molar-refractivity contribution is -0.140. The molecule has 4 aliphatic rings. The number of rotatable bonds is 4. The maximum atomic E-state index is 12.9. The van der Waals surface area contributed by atoms with E-state index < -0.39 is 0 Å². The van der Waals surface area contributed by atoms with E-state index in [-0.39, 0.29) is 10.8 Å². The van der Waals surface area contributed by atoms with Crippen molar-refractivity contribution in [3.63, 3.8) is 0 Å². The first-order chi connectivity index (χ1) is 12.8. The molecule has 7 unspecified atom stereocenters. The van der Waals surface area contributed by atoms with Crippen LogP contribution in [0.1, 0.15) is 78.6 Å². The van der Waals surface area contributed by atoms with Crippen LogP contribution in [0.3, 0.4) is 0 Å². The molecule has 3 saturated carbocycles. The molecule has 2 heteroatoms. The van der Waals surface area contributed by atoms with Gasteiger partial charge in [-0.1, -0.05) is 31.6 Å². The third kappa shape index (κ3) is 2.51. The molecule has 4 aliphatic carbocycles. The topological polar surface area (TPSA) is 26.3 Å². The Morgan fingerprint density at radius 1 is 1.22 bits per heavy atom. The molecule has 27 heavy (non-hydrogen) atoms. The van der Waals surface area contributed by atoms with Gasteiger partial charge >= 0.3 is 0 Å². The molecule has 0 amide bonds. The molecule has 0 aromatic rings. The van der Waals surface area contributed by atoms with Gasteiger partial charge in [0.05, 0.1) is 6.10 Å². The number of methoxy groups -OCH3 is 1. The molecule has 0 aliphatic heterocycles. The Hall–Kier alpha value is -0.890. The van der Waals surface area contributed by atoms with Gasteiger partial charge in [-0.05, 0) is 93.3 Å². The van der Waals surface area contributed by atoms with Crippen LogP contribution in [0.15, 0.2) is 24.3 Å². The van der Waals surface area contributed by atoms with Crippen molar-refractivity contribution < 1.29 is 9.53 Å². The van der Waals surface area contributed by atoms with Gasteiger partial charge in [0.2, 0.25) is 0 Å². The fourth-order valence-corrected chi connectivity index (χ4v) is 8.27. The van der Waals surface area contributed by atoms with Gasteiger partial charge in [0.15, 0.2) is 0 Å². The standard InChI is InChI=1S/C25H38O2/c1-6-12-25(17(2)26)15-11-22-20-8-7-18-16-19(27-5)9-13-23(18,3)21(20)10-14-24(22,25)4/h6-7,19-22H,1,8-16H2,2-5H3. The summed E-state index contributed by atoms with van der Waals surface area (Å²) in [6.45, 7) is 10.8. The summed E-state index contributed by atoms with van der Waals surface area (Å²) in [5.74, 6) is 2.64. The van der Waals surface area contributed by atoms with Crippen LogP contribution in [0.5, 0.6) is 0 Å². The van der Waals surface area contributed by atoms with E-state index in [4.69, 9.17) is 4.74 Å². The quantitative estimate of drug-likeness (QED) is 0.558. The lowest BCUT2D eigenvalue weighted by Gasteiger charge is -2.59. The van der Waals surface area contributed by atoms with E-state index in [1.54, 1.807) is 5.57 Å². The predicted octanol–water partition coefficient (Wildman–Crippen LogP) is 6.12. The first-order valence-corrected chi connectivity index (χ1v) is 11.2. The third-order valence-electron chi connectivity index (χ3n) is 9.92. The van der Waals surface area contributed by atoms with Gasteiger partial charge in [0.25, 0.3) is 0 Å². The molecule has 150 valence electrons.